The van der Waals surface area contributed by atoms with Crippen LogP contribution in [0.15, 0.2) is 103 Å². The van der Waals surface area contributed by atoms with E-state index in [0.717, 1.165) is 52.8 Å². The highest BCUT2D eigenvalue weighted by atomic mass is 19.1. The number of carbonyl (C=O) groups is 3. The predicted molar refractivity (Wildman–Crippen MR) is 203 cm³/mol. The van der Waals surface area contributed by atoms with Crippen LogP contribution in [0, 0.1) is 31.3 Å². The second kappa shape index (κ2) is 16.3. The monoisotopic (exact) mass is 728 g/mol. The van der Waals surface area contributed by atoms with Crippen LogP contribution in [0.2, 0.25) is 0 Å². The molecule has 54 heavy (non-hydrogen) atoms. The Morgan fingerprint density at radius 1 is 0.759 bits per heavy atom. The molecule has 0 fully saturated rings. The van der Waals surface area contributed by atoms with Crippen molar-refractivity contribution in [2.24, 2.45) is 5.73 Å². The van der Waals surface area contributed by atoms with Crippen molar-refractivity contribution in [2.45, 2.75) is 58.3 Å². The third kappa shape index (κ3) is 8.92. The highest BCUT2D eigenvalue weighted by molar-refractivity contribution is 5.95. The quantitative estimate of drug-likeness (QED) is 0.141. The average molecular weight is 729 g/mol. The molecule has 1 heterocycles. The molecule has 1 aromatic heterocycles. The maximum absolute atomic E-state index is 14.2. The number of Topliss-reactive ketones (excluding diaryl/α,β-unsaturated/α-hetero) is 1. The van der Waals surface area contributed by atoms with Crippen molar-refractivity contribution in [3.05, 3.63) is 171 Å². The van der Waals surface area contributed by atoms with Gasteiger partial charge < -0.3 is 10.8 Å². The Bertz CT molecular complexity index is 2330. The predicted octanol–water partition coefficient (Wildman–Crippen LogP) is 9.30. The van der Waals surface area contributed by atoms with Crippen molar-refractivity contribution in [1.29, 1.82) is 0 Å². The summed E-state index contributed by atoms with van der Waals surface area (Å²) in [7, 11) is 0. The molecule has 0 spiro atoms. The smallest absolute Gasteiger partial charge is 0.307 e. The highest BCUT2D eigenvalue weighted by Gasteiger charge is 2.25. The Morgan fingerprint density at radius 2 is 1.37 bits per heavy atom. The van der Waals surface area contributed by atoms with E-state index < -0.39 is 35.2 Å². The van der Waals surface area contributed by atoms with Crippen LogP contribution in [0.25, 0.3) is 22.3 Å². The van der Waals surface area contributed by atoms with E-state index in [2.05, 4.69) is 41.4 Å². The number of halogens is 3. The number of pyridine rings is 1. The number of primary amides is 1. The van der Waals surface area contributed by atoms with Crippen molar-refractivity contribution in [1.82, 2.24) is 4.98 Å². The molecule has 6 nitrogen and oxygen atoms in total. The van der Waals surface area contributed by atoms with Gasteiger partial charge in [-0.25, -0.2) is 13.2 Å². The van der Waals surface area contributed by atoms with Crippen LogP contribution in [-0.2, 0) is 28.9 Å². The first kappa shape index (κ1) is 37.7. The number of aryl methyl sites for hydroxylation is 2. The largest absolute Gasteiger partial charge is 0.481 e. The number of carboxylic acid groups (broad SMARTS) is 1. The summed E-state index contributed by atoms with van der Waals surface area (Å²) < 4.78 is 42.4. The van der Waals surface area contributed by atoms with Crippen LogP contribution in [0.5, 0.6) is 0 Å². The maximum Gasteiger partial charge on any atom is 0.307 e. The van der Waals surface area contributed by atoms with E-state index in [0.29, 0.717) is 22.4 Å². The fourth-order valence-electron chi connectivity index (χ4n) is 7.23. The number of hydrogen-bond acceptors (Lipinski definition) is 4. The molecule has 7 rings (SSSR count). The number of ketones is 1. The first-order valence-corrected chi connectivity index (χ1v) is 17.7. The lowest BCUT2D eigenvalue weighted by molar-refractivity contribution is -0.135. The third-order valence-electron chi connectivity index (χ3n) is 9.74. The highest BCUT2D eigenvalue weighted by Crippen LogP contribution is 2.36. The zero-order valence-corrected chi connectivity index (χ0v) is 30.0. The van der Waals surface area contributed by atoms with E-state index in [1.807, 2.05) is 26.0 Å². The lowest BCUT2D eigenvalue weighted by atomic mass is 9.85. The van der Waals surface area contributed by atoms with Gasteiger partial charge in [0.2, 0.25) is 0 Å². The number of carboxylic acids is 1. The fraction of sp³-hybridized carbons (Fsp3) is 0.200. The van der Waals surface area contributed by atoms with Gasteiger partial charge in [-0.2, -0.15) is 0 Å². The Balaban J connectivity index is 0.000000297. The molecule has 0 bridgehead atoms. The molecule has 4 aromatic carbocycles. The summed E-state index contributed by atoms with van der Waals surface area (Å²) in [6.07, 6.45) is 7.84. The zero-order chi connectivity index (χ0) is 38.5. The van der Waals surface area contributed by atoms with Crippen molar-refractivity contribution < 1.29 is 32.7 Å². The summed E-state index contributed by atoms with van der Waals surface area (Å²) in [6, 6.07) is 23.1. The summed E-state index contributed by atoms with van der Waals surface area (Å²) in [6.45, 7) is 4.03. The average Bonchev–Trinajstić information content (AvgIpc) is 3.70. The van der Waals surface area contributed by atoms with E-state index in [1.54, 1.807) is 18.3 Å². The second-order valence-corrected chi connectivity index (χ2v) is 13.9. The van der Waals surface area contributed by atoms with E-state index >= 15 is 0 Å². The van der Waals surface area contributed by atoms with Gasteiger partial charge in [-0.05, 0) is 108 Å². The molecule has 5 aromatic rings. The molecule has 0 radical (unpaired) electrons. The van der Waals surface area contributed by atoms with Crippen molar-refractivity contribution >= 4 is 28.8 Å². The van der Waals surface area contributed by atoms with E-state index in [-0.39, 0.29) is 37.0 Å². The number of allylic oxidation sites excluding steroid dienone is 3. The Kier molecular flexibility index (Phi) is 11.4. The summed E-state index contributed by atoms with van der Waals surface area (Å²) in [5, 5.41) is 8.73. The topological polar surface area (TPSA) is 110 Å². The van der Waals surface area contributed by atoms with Gasteiger partial charge in [0.05, 0.1) is 17.7 Å². The van der Waals surface area contributed by atoms with Gasteiger partial charge in [-0.15, -0.1) is 0 Å². The number of carbonyl (C=O) groups excluding carboxylic acids is 2. The maximum atomic E-state index is 14.2. The number of nitrogens with two attached hydrogens (primary N) is 1. The summed E-state index contributed by atoms with van der Waals surface area (Å²) in [4.78, 5) is 40.5. The van der Waals surface area contributed by atoms with Crippen LogP contribution in [0.4, 0.5) is 13.2 Å². The summed E-state index contributed by atoms with van der Waals surface area (Å²) in [5.41, 5.74) is 15.8. The Hall–Kier alpha value is -6.09. The normalized spacial score (nSPS) is 13.2. The number of benzene rings is 4. The van der Waals surface area contributed by atoms with Gasteiger partial charge in [0, 0.05) is 36.6 Å². The number of aliphatic carboxylic acids is 1. The van der Waals surface area contributed by atoms with Gasteiger partial charge >= 0.3 is 5.97 Å². The van der Waals surface area contributed by atoms with E-state index in [9.17, 15) is 27.6 Å². The van der Waals surface area contributed by atoms with Crippen LogP contribution < -0.4 is 5.73 Å². The van der Waals surface area contributed by atoms with Gasteiger partial charge in [-0.1, -0.05) is 71.8 Å². The number of nitrogens with zero attached hydrogens (tertiary/aromatic N) is 1. The first-order valence-electron chi connectivity index (χ1n) is 17.7. The molecule has 0 unspecified atom stereocenters. The van der Waals surface area contributed by atoms with E-state index in [4.69, 9.17) is 10.8 Å². The molecular formula is C45H39F3N2O4. The molecule has 3 N–H and O–H groups in total. The molecule has 9 heteroatoms. The number of rotatable bonds is 11. The van der Waals surface area contributed by atoms with Gasteiger partial charge in [0.25, 0.3) is 5.91 Å². The molecular weight excluding hydrogens is 689 g/mol. The van der Waals surface area contributed by atoms with Crippen LogP contribution in [-0.4, -0.2) is 27.8 Å². The molecule has 274 valence electrons. The lowest BCUT2D eigenvalue weighted by Crippen LogP contribution is -2.14. The number of amides is 1. The molecule has 0 aliphatic heterocycles. The number of hydrogen-bond donors (Lipinski definition) is 2. The Labute approximate surface area is 311 Å². The Morgan fingerprint density at radius 3 is 1.96 bits per heavy atom. The molecule has 1 atom stereocenters. The first-order chi connectivity index (χ1) is 25.8. The number of aromatic nitrogens is 1. The molecule has 2 aliphatic carbocycles. The fourth-order valence-corrected chi connectivity index (χ4v) is 7.23. The molecule has 0 saturated heterocycles. The standard InChI is InChI=1S/C33H27F3N2O2.C12H12O2/c1-19-4-5-21-6-7-22(29(21)11-19)15-27(39)16-24(12-20-13-25(34)18-26(35)14-20)32-28(3-2-10-38-32)23-8-9-31(36)30(17-23)33(37)40;1-8-2-3-9-4-5-10(7-12(13)14)11(9)6-8/h2-5,7-11,13-14,17-18,24H,6,12,15-16H2,1H3,(H2,37,40);2-3,5-6H,4,7H2,1H3,(H,13,14)/t24-;/m1./s1. The minimum Gasteiger partial charge on any atom is -0.481 e. The van der Waals surface area contributed by atoms with Gasteiger partial charge in [0.1, 0.15) is 23.2 Å². The second-order valence-electron chi connectivity index (χ2n) is 13.9. The molecule has 1 amide bonds. The van der Waals surface area contributed by atoms with Crippen molar-refractivity contribution in [2.75, 3.05) is 0 Å². The van der Waals surface area contributed by atoms with Gasteiger partial charge in [0.15, 0.2) is 0 Å². The zero-order valence-electron chi connectivity index (χ0n) is 30.0. The molecule has 2 aliphatic rings. The van der Waals surface area contributed by atoms with Crippen LogP contribution in [0.3, 0.4) is 0 Å². The number of fused-ring (bicyclic) bond motifs is 2. The summed E-state index contributed by atoms with van der Waals surface area (Å²) in [5.74, 6) is -4.44. The van der Waals surface area contributed by atoms with Crippen molar-refractivity contribution in [3.8, 4) is 11.1 Å². The van der Waals surface area contributed by atoms with E-state index in [1.165, 1.54) is 41.0 Å². The minimum atomic E-state index is -0.910. The molecule has 0 saturated carbocycles. The van der Waals surface area contributed by atoms with Crippen LogP contribution in [0.1, 0.15) is 80.2 Å². The van der Waals surface area contributed by atoms with Crippen LogP contribution >= 0.6 is 0 Å². The SMILES string of the molecule is Cc1ccc2c(c1)C(CC(=O)C[C@@H](Cc1cc(F)cc(F)c1)c1ncccc1-c1ccc(F)c(C(N)=O)c1)=CC2.Cc1ccc2c(c1)C(CC(=O)O)=CC2. The van der Waals surface area contributed by atoms with Crippen molar-refractivity contribution in [3.63, 3.8) is 0 Å². The summed E-state index contributed by atoms with van der Waals surface area (Å²) >= 11 is 0. The lowest BCUT2D eigenvalue weighted by Gasteiger charge is -2.20. The minimum absolute atomic E-state index is 0.0454. The third-order valence-corrected chi connectivity index (χ3v) is 9.74. The van der Waals surface area contributed by atoms with Gasteiger partial charge in [-0.3, -0.25) is 19.4 Å².